The van der Waals surface area contributed by atoms with Gasteiger partial charge in [0.05, 0.1) is 16.2 Å². The molecule has 0 aromatic carbocycles. The van der Waals surface area contributed by atoms with Crippen LogP contribution in [-0.2, 0) is 30.9 Å². The van der Waals surface area contributed by atoms with Crippen LogP contribution in [0, 0.1) is 5.92 Å². The number of fused-ring (bicyclic) bond motifs is 1. The molecule has 1 aromatic heterocycles. The molecule has 3 rings (SSSR count). The standard InChI is InChI=1S/C18H18NO6PS3/c20-12(13-3-2-6-28-13)7-11-16(22)19-15(18(23)24)10(9-29-17(11)19)8-25-14(21)4-1-5-26-27/h2-3,6,11,17H,1,4-5,7-9H2,(H,23,24). The molecular weight excluding hydrogens is 453 g/mol. The van der Waals surface area contributed by atoms with E-state index >= 15 is 0 Å². The normalized spacial score (nSPS) is 21.0. The van der Waals surface area contributed by atoms with E-state index in [-0.39, 0.29) is 42.2 Å². The fourth-order valence-electron chi connectivity index (χ4n) is 3.19. The number of aliphatic carboxylic acids is 1. The fraction of sp³-hybridized carbons (Fsp3) is 0.444. The van der Waals surface area contributed by atoms with E-state index in [1.165, 1.54) is 28.0 Å². The smallest absolute Gasteiger partial charge is 0.352 e. The van der Waals surface area contributed by atoms with Crippen molar-refractivity contribution >= 4 is 65.9 Å². The van der Waals surface area contributed by atoms with E-state index in [2.05, 4.69) is 0 Å². The number of Topliss-reactive ketones (excluding diaryl/α,β-unsaturated/α-hetero) is 1. The fourth-order valence-corrected chi connectivity index (χ4v) is 5.94. The zero-order chi connectivity index (χ0) is 21.0. The van der Waals surface area contributed by atoms with Crippen LogP contribution in [0.5, 0.6) is 0 Å². The number of hydrogen-bond acceptors (Lipinski definition) is 8. The molecule has 1 N–H and O–H groups in total. The Bertz CT molecular complexity index is 869. The van der Waals surface area contributed by atoms with Crippen LogP contribution in [0.25, 0.3) is 0 Å². The monoisotopic (exact) mass is 471 g/mol. The molecular formula is C18H18NO6PS3. The van der Waals surface area contributed by atoms with Crippen LogP contribution in [0.4, 0.5) is 0 Å². The Labute approximate surface area is 182 Å². The molecule has 2 atom stereocenters. The van der Waals surface area contributed by atoms with Gasteiger partial charge in [-0.1, -0.05) is 17.9 Å². The first-order valence-electron chi connectivity index (χ1n) is 8.85. The summed E-state index contributed by atoms with van der Waals surface area (Å²) in [4.78, 5) is 50.4. The van der Waals surface area contributed by atoms with Crippen molar-refractivity contribution in [2.45, 2.75) is 24.6 Å². The minimum absolute atomic E-state index is 0.0624. The van der Waals surface area contributed by atoms with Gasteiger partial charge in [0.25, 0.3) is 0 Å². The van der Waals surface area contributed by atoms with Crippen LogP contribution in [0.2, 0.25) is 0 Å². The molecule has 1 aromatic rings. The summed E-state index contributed by atoms with van der Waals surface area (Å²) in [5, 5.41) is 11.0. The Morgan fingerprint density at radius 1 is 1.38 bits per heavy atom. The molecule has 11 heteroatoms. The van der Waals surface area contributed by atoms with E-state index in [0.29, 0.717) is 22.6 Å². The van der Waals surface area contributed by atoms with Crippen molar-refractivity contribution in [2.24, 2.45) is 5.92 Å². The summed E-state index contributed by atoms with van der Waals surface area (Å²) in [6.07, 6.45) is 1.63. The molecule has 0 spiro atoms. The number of rotatable bonds is 10. The molecule has 0 bridgehead atoms. The average Bonchev–Trinajstić information content (AvgIpc) is 3.24. The number of carboxylic acids is 1. The summed E-state index contributed by atoms with van der Waals surface area (Å²) in [6.45, 7) is -0.158. The van der Waals surface area contributed by atoms with Gasteiger partial charge in [-0.2, -0.15) is 0 Å². The van der Waals surface area contributed by atoms with Crippen LogP contribution in [0.1, 0.15) is 28.9 Å². The summed E-state index contributed by atoms with van der Waals surface area (Å²) in [5.41, 5.74) is 0.264. The van der Waals surface area contributed by atoms with Crippen LogP contribution in [-0.4, -0.2) is 57.5 Å². The molecule has 1 saturated heterocycles. The van der Waals surface area contributed by atoms with E-state index in [1.54, 1.807) is 17.5 Å². The van der Waals surface area contributed by atoms with Gasteiger partial charge in [0.15, 0.2) is 5.78 Å². The van der Waals surface area contributed by atoms with Crippen LogP contribution in [0.15, 0.2) is 28.8 Å². The number of amides is 1. The van der Waals surface area contributed by atoms with Crippen molar-refractivity contribution in [3.05, 3.63) is 33.7 Å². The number of hydrogen-bond donors (Lipinski definition) is 1. The zero-order valence-corrected chi connectivity index (χ0v) is 18.6. The maximum atomic E-state index is 12.6. The highest BCUT2D eigenvalue weighted by Gasteiger charge is 2.53. The first-order chi connectivity index (χ1) is 13.9. The molecule has 0 radical (unpaired) electrons. The largest absolute Gasteiger partial charge is 0.477 e. The van der Waals surface area contributed by atoms with Gasteiger partial charge >= 0.3 is 11.9 Å². The Kier molecular flexibility index (Phi) is 7.56. The lowest BCUT2D eigenvalue weighted by atomic mass is 9.90. The summed E-state index contributed by atoms with van der Waals surface area (Å²) in [6, 6.07) is 3.49. The second-order valence-corrected chi connectivity index (χ2v) is 10.0. The van der Waals surface area contributed by atoms with Gasteiger partial charge < -0.3 is 9.84 Å². The van der Waals surface area contributed by atoms with Crippen molar-refractivity contribution in [1.82, 2.24) is 4.90 Å². The number of thioether (sulfide) groups is 1. The zero-order valence-electron chi connectivity index (χ0n) is 15.2. The lowest BCUT2D eigenvalue weighted by Gasteiger charge is -2.49. The highest BCUT2D eigenvalue weighted by Crippen LogP contribution is 2.45. The lowest BCUT2D eigenvalue weighted by Crippen LogP contribution is -2.62. The summed E-state index contributed by atoms with van der Waals surface area (Å²) in [7, 11) is 0.792. The van der Waals surface area contributed by atoms with Gasteiger partial charge in [0.2, 0.25) is 5.91 Å². The van der Waals surface area contributed by atoms with E-state index in [1.807, 2.05) is 0 Å². The number of ether oxygens (including phenoxy) is 1. The highest BCUT2D eigenvalue weighted by molar-refractivity contribution is 8.00. The van der Waals surface area contributed by atoms with Crippen LogP contribution >= 0.6 is 30.5 Å². The van der Waals surface area contributed by atoms with Crippen molar-refractivity contribution in [2.75, 3.05) is 18.5 Å². The third-order valence-electron chi connectivity index (χ3n) is 4.60. The van der Waals surface area contributed by atoms with Crippen molar-refractivity contribution in [1.29, 1.82) is 0 Å². The van der Waals surface area contributed by atoms with Gasteiger partial charge in [-0.15, -0.1) is 23.1 Å². The van der Waals surface area contributed by atoms with Crippen molar-refractivity contribution in [3.63, 3.8) is 0 Å². The summed E-state index contributed by atoms with van der Waals surface area (Å²) >= 11 is 7.52. The van der Waals surface area contributed by atoms with Gasteiger partial charge in [0.1, 0.15) is 12.3 Å². The SMILES string of the molecule is O=C(CCCP=S)OCC1=C(C(=O)O)N2C(=O)C(CC(=O)c3cccs3)C2SC1. The second kappa shape index (κ2) is 9.93. The van der Waals surface area contributed by atoms with E-state index in [4.69, 9.17) is 16.5 Å². The van der Waals surface area contributed by atoms with Crippen LogP contribution < -0.4 is 0 Å². The molecule has 1 amide bonds. The minimum Gasteiger partial charge on any atom is -0.477 e. The van der Waals surface area contributed by atoms with E-state index < -0.39 is 17.9 Å². The Morgan fingerprint density at radius 2 is 2.17 bits per heavy atom. The summed E-state index contributed by atoms with van der Waals surface area (Å²) < 4.78 is 5.19. The molecule has 29 heavy (non-hydrogen) atoms. The molecule has 7 nitrogen and oxygen atoms in total. The predicted octanol–water partition coefficient (Wildman–Crippen LogP) is 2.92. The quantitative estimate of drug-likeness (QED) is 0.183. The third kappa shape index (κ3) is 4.94. The Morgan fingerprint density at radius 3 is 2.83 bits per heavy atom. The minimum atomic E-state index is -1.23. The number of carboxylic acid groups (broad SMARTS) is 1. The lowest BCUT2D eigenvalue weighted by molar-refractivity contribution is -0.152. The van der Waals surface area contributed by atoms with Gasteiger partial charge in [0, 0.05) is 30.3 Å². The molecule has 3 heterocycles. The number of esters is 1. The topological polar surface area (TPSA) is 101 Å². The number of carbonyl (C=O) groups excluding carboxylic acids is 3. The van der Waals surface area contributed by atoms with E-state index in [0.717, 1.165) is 13.5 Å². The van der Waals surface area contributed by atoms with Crippen LogP contribution in [0.3, 0.4) is 0 Å². The molecule has 1 fully saturated rings. The highest BCUT2D eigenvalue weighted by atomic mass is 32.4. The van der Waals surface area contributed by atoms with Crippen molar-refractivity contribution in [3.8, 4) is 0 Å². The van der Waals surface area contributed by atoms with Gasteiger partial charge in [-0.3, -0.25) is 19.3 Å². The Balaban J connectivity index is 1.65. The Hall–Kier alpha value is -1.61. The second-order valence-electron chi connectivity index (χ2n) is 6.50. The molecule has 0 aliphatic carbocycles. The third-order valence-corrected chi connectivity index (χ3v) is 7.95. The van der Waals surface area contributed by atoms with Gasteiger partial charge in [-0.05, 0) is 25.2 Å². The maximum absolute atomic E-state index is 12.6. The molecule has 2 unspecified atom stereocenters. The first-order valence-corrected chi connectivity index (χ1v) is 12.9. The van der Waals surface area contributed by atoms with E-state index in [9.17, 15) is 24.3 Å². The molecule has 2 aliphatic heterocycles. The molecule has 0 saturated carbocycles. The summed E-state index contributed by atoms with van der Waals surface area (Å²) in [5.74, 6) is -2.34. The number of ketones is 1. The molecule has 2 aliphatic rings. The number of carbonyl (C=O) groups is 4. The number of nitrogens with zero attached hydrogens (tertiary/aromatic N) is 1. The van der Waals surface area contributed by atoms with Gasteiger partial charge in [-0.25, -0.2) is 4.79 Å². The molecule has 154 valence electrons. The first kappa shape index (κ1) is 22.1. The average molecular weight is 472 g/mol. The maximum Gasteiger partial charge on any atom is 0.352 e. The number of thiophene rings is 1. The predicted molar refractivity (Wildman–Crippen MR) is 114 cm³/mol. The van der Waals surface area contributed by atoms with Crippen molar-refractivity contribution < 1.29 is 29.0 Å². The number of β-lactam (4-membered cyclic amide) rings is 1.